The van der Waals surface area contributed by atoms with E-state index in [-0.39, 0.29) is 12.1 Å². The van der Waals surface area contributed by atoms with E-state index >= 15 is 0 Å². The molecule has 0 aromatic carbocycles. The second kappa shape index (κ2) is 5.24. The number of anilines is 1. The van der Waals surface area contributed by atoms with Crippen molar-refractivity contribution in [2.45, 2.75) is 57.3 Å². The summed E-state index contributed by atoms with van der Waals surface area (Å²) in [5.74, 6) is 0.643. The van der Waals surface area contributed by atoms with Crippen LogP contribution in [0.4, 0.5) is 6.01 Å². The van der Waals surface area contributed by atoms with E-state index in [9.17, 15) is 0 Å². The Hall–Kier alpha value is -1.14. The lowest BCUT2D eigenvalue weighted by molar-refractivity contribution is 0.0989. The van der Waals surface area contributed by atoms with Crippen molar-refractivity contribution in [3.05, 3.63) is 5.89 Å². The van der Waals surface area contributed by atoms with Gasteiger partial charge in [0.15, 0.2) is 0 Å². The summed E-state index contributed by atoms with van der Waals surface area (Å²) in [7, 11) is 0. The van der Waals surface area contributed by atoms with Crippen molar-refractivity contribution in [3.63, 3.8) is 0 Å². The van der Waals surface area contributed by atoms with Crippen LogP contribution in [-0.4, -0.2) is 35.0 Å². The van der Waals surface area contributed by atoms with E-state index in [0.29, 0.717) is 24.5 Å². The Morgan fingerprint density at radius 2 is 2.22 bits per heavy atom. The lowest BCUT2D eigenvalue weighted by atomic mass is 10.1. The third kappa shape index (κ3) is 3.00. The Labute approximate surface area is 106 Å². The highest BCUT2D eigenvalue weighted by Crippen LogP contribution is 2.20. The minimum absolute atomic E-state index is 0.206. The van der Waals surface area contributed by atoms with Gasteiger partial charge in [0.1, 0.15) is 0 Å². The van der Waals surface area contributed by atoms with Crippen LogP contribution in [0.15, 0.2) is 4.42 Å². The maximum absolute atomic E-state index is 5.62. The van der Waals surface area contributed by atoms with Crippen molar-refractivity contribution >= 4 is 6.01 Å². The van der Waals surface area contributed by atoms with Gasteiger partial charge < -0.3 is 19.8 Å². The maximum atomic E-state index is 5.62. The summed E-state index contributed by atoms with van der Waals surface area (Å²) in [6.07, 6.45) is 5.00. The highest BCUT2D eigenvalue weighted by Gasteiger charge is 2.24. The van der Waals surface area contributed by atoms with Gasteiger partial charge in [-0.1, -0.05) is 5.10 Å². The second-order valence-corrected chi connectivity index (χ2v) is 5.14. The van der Waals surface area contributed by atoms with Crippen LogP contribution in [0.25, 0.3) is 0 Å². The molecule has 1 aromatic heterocycles. The molecule has 1 saturated carbocycles. The van der Waals surface area contributed by atoms with Crippen LogP contribution < -0.4 is 10.6 Å². The molecule has 2 unspecified atom stereocenters. The van der Waals surface area contributed by atoms with Gasteiger partial charge in [0, 0.05) is 12.6 Å². The summed E-state index contributed by atoms with van der Waals surface area (Å²) >= 11 is 0. The fourth-order valence-electron chi connectivity index (χ4n) is 2.19. The molecule has 2 aliphatic rings. The van der Waals surface area contributed by atoms with E-state index in [2.05, 4.69) is 27.8 Å². The zero-order valence-electron chi connectivity index (χ0n) is 10.7. The maximum Gasteiger partial charge on any atom is 0.315 e. The Morgan fingerprint density at radius 3 is 2.94 bits per heavy atom. The van der Waals surface area contributed by atoms with E-state index in [1.54, 1.807) is 0 Å². The molecule has 0 radical (unpaired) electrons. The van der Waals surface area contributed by atoms with Gasteiger partial charge in [0.25, 0.3) is 0 Å². The van der Waals surface area contributed by atoms with Crippen molar-refractivity contribution in [1.82, 2.24) is 15.5 Å². The van der Waals surface area contributed by atoms with Crippen molar-refractivity contribution in [2.75, 3.05) is 11.9 Å². The van der Waals surface area contributed by atoms with Gasteiger partial charge >= 0.3 is 6.01 Å². The molecule has 2 N–H and O–H groups in total. The Balaban J connectivity index is 1.48. The van der Waals surface area contributed by atoms with Gasteiger partial charge in [-0.15, -0.1) is 5.10 Å². The molecule has 0 bridgehead atoms. The number of hydrogen-bond donors (Lipinski definition) is 2. The molecule has 100 valence electrons. The highest BCUT2D eigenvalue weighted by molar-refractivity contribution is 5.20. The summed E-state index contributed by atoms with van der Waals surface area (Å²) in [6, 6.07) is 1.35. The van der Waals surface area contributed by atoms with Crippen LogP contribution in [0.5, 0.6) is 0 Å². The molecule has 1 aliphatic heterocycles. The molecule has 1 aliphatic carbocycles. The molecule has 2 atom stereocenters. The lowest BCUT2D eigenvalue weighted by Gasteiger charge is -2.18. The number of hydrogen-bond acceptors (Lipinski definition) is 6. The smallest absolute Gasteiger partial charge is 0.315 e. The summed E-state index contributed by atoms with van der Waals surface area (Å²) in [4.78, 5) is 0. The van der Waals surface area contributed by atoms with Crippen molar-refractivity contribution in [2.24, 2.45) is 0 Å². The zero-order chi connectivity index (χ0) is 12.4. The lowest BCUT2D eigenvalue weighted by Crippen LogP contribution is -2.30. The number of rotatable bonds is 6. The third-order valence-electron chi connectivity index (χ3n) is 3.46. The highest BCUT2D eigenvalue weighted by atomic mass is 16.5. The molecule has 6 heteroatoms. The molecule has 2 fully saturated rings. The predicted octanol–water partition coefficient (Wildman–Crippen LogP) is 1.30. The van der Waals surface area contributed by atoms with Crippen LogP contribution in [0, 0.1) is 0 Å². The number of ether oxygens (including phenoxy) is 1. The first-order valence-electron chi connectivity index (χ1n) is 6.75. The third-order valence-corrected chi connectivity index (χ3v) is 3.46. The molecular weight excluding hydrogens is 232 g/mol. The summed E-state index contributed by atoms with van der Waals surface area (Å²) < 4.78 is 11.2. The monoisotopic (exact) mass is 252 g/mol. The quantitative estimate of drug-likeness (QED) is 0.795. The Kier molecular flexibility index (Phi) is 3.47. The van der Waals surface area contributed by atoms with E-state index in [1.165, 1.54) is 12.8 Å². The fourth-order valence-corrected chi connectivity index (χ4v) is 2.19. The minimum Gasteiger partial charge on any atom is -0.407 e. The van der Waals surface area contributed by atoms with Crippen LogP contribution in [-0.2, 0) is 11.3 Å². The predicted molar refractivity (Wildman–Crippen MR) is 66.2 cm³/mol. The van der Waals surface area contributed by atoms with Gasteiger partial charge in [-0.05, 0) is 32.6 Å². The van der Waals surface area contributed by atoms with Gasteiger partial charge in [-0.3, -0.25) is 0 Å². The molecule has 1 saturated heterocycles. The van der Waals surface area contributed by atoms with Crippen molar-refractivity contribution < 1.29 is 9.15 Å². The largest absolute Gasteiger partial charge is 0.407 e. The van der Waals surface area contributed by atoms with Crippen LogP contribution in [0.3, 0.4) is 0 Å². The molecule has 18 heavy (non-hydrogen) atoms. The molecule has 0 amide bonds. The minimum atomic E-state index is 0.206. The van der Waals surface area contributed by atoms with Crippen molar-refractivity contribution in [3.8, 4) is 0 Å². The molecule has 2 heterocycles. The number of nitrogens with zero attached hydrogens (tertiary/aromatic N) is 2. The van der Waals surface area contributed by atoms with E-state index in [4.69, 9.17) is 9.15 Å². The van der Waals surface area contributed by atoms with Crippen LogP contribution >= 0.6 is 0 Å². The average Bonchev–Trinajstić information content (AvgIpc) is 2.88. The first-order chi connectivity index (χ1) is 8.81. The summed E-state index contributed by atoms with van der Waals surface area (Å²) in [5, 5.41) is 14.6. The first-order valence-corrected chi connectivity index (χ1v) is 6.75. The van der Waals surface area contributed by atoms with E-state index in [1.807, 2.05) is 0 Å². The van der Waals surface area contributed by atoms with E-state index in [0.717, 1.165) is 19.4 Å². The van der Waals surface area contributed by atoms with Crippen molar-refractivity contribution in [1.29, 1.82) is 0 Å². The first kappa shape index (κ1) is 11.9. The standard InChI is InChI=1S/C12H20N4O2/c1-8(10-3-2-6-17-10)14-12-16-15-11(18-12)7-13-9-4-5-9/h8-10,13H,2-7H2,1H3,(H,14,16). The van der Waals surface area contributed by atoms with Gasteiger partial charge in [-0.2, -0.15) is 0 Å². The Bertz CT molecular complexity index is 385. The topological polar surface area (TPSA) is 72.2 Å². The van der Waals surface area contributed by atoms with Crippen LogP contribution in [0.2, 0.25) is 0 Å². The van der Waals surface area contributed by atoms with E-state index < -0.39 is 0 Å². The second-order valence-electron chi connectivity index (χ2n) is 5.14. The number of nitrogens with one attached hydrogen (secondary N) is 2. The fraction of sp³-hybridized carbons (Fsp3) is 0.833. The summed E-state index contributed by atoms with van der Waals surface area (Å²) in [6.45, 7) is 3.60. The van der Waals surface area contributed by atoms with Gasteiger partial charge in [0.2, 0.25) is 5.89 Å². The molecule has 0 spiro atoms. The number of aromatic nitrogens is 2. The zero-order valence-corrected chi connectivity index (χ0v) is 10.7. The molecule has 1 aromatic rings. The normalized spacial score (nSPS) is 25.3. The van der Waals surface area contributed by atoms with Gasteiger partial charge in [-0.25, -0.2) is 0 Å². The summed E-state index contributed by atoms with van der Waals surface area (Å²) in [5.41, 5.74) is 0. The average molecular weight is 252 g/mol. The van der Waals surface area contributed by atoms with Crippen LogP contribution in [0.1, 0.15) is 38.5 Å². The molecular formula is C12H20N4O2. The molecule has 3 rings (SSSR count). The SMILES string of the molecule is CC(Nc1nnc(CNC2CC2)o1)C1CCCO1. The Morgan fingerprint density at radius 1 is 1.33 bits per heavy atom. The molecule has 6 nitrogen and oxygen atoms in total. The van der Waals surface area contributed by atoms with Gasteiger partial charge in [0.05, 0.1) is 18.7 Å².